The van der Waals surface area contributed by atoms with Gasteiger partial charge in [0.15, 0.2) is 5.69 Å². The molecular formula is C24H26N4O3. The van der Waals surface area contributed by atoms with E-state index in [9.17, 15) is 9.59 Å². The fraction of sp³-hybridized carbons (Fsp3) is 0.292. The van der Waals surface area contributed by atoms with Crippen LogP contribution in [0.25, 0.3) is 21.7 Å². The molecule has 1 atom stereocenters. The Bertz CT molecular complexity index is 1340. The number of aryl methyl sites for hydroxylation is 2. The quantitative estimate of drug-likeness (QED) is 0.521. The van der Waals surface area contributed by atoms with E-state index in [2.05, 4.69) is 21.2 Å². The minimum atomic E-state index is -0.288. The zero-order valence-electron chi connectivity index (χ0n) is 18.2. The van der Waals surface area contributed by atoms with Gasteiger partial charge in [-0.15, -0.1) is 0 Å². The number of ether oxygens (including phenoxy) is 1. The molecule has 1 N–H and O–H groups in total. The van der Waals surface area contributed by atoms with Gasteiger partial charge < -0.3 is 14.6 Å². The number of nitrogens with one attached hydrogen (secondary N) is 1. The number of amides is 1. The Labute approximate surface area is 180 Å². The molecule has 2 heterocycles. The molecule has 1 amide bonds. The minimum absolute atomic E-state index is 0.133. The number of carbonyl (C=O) groups is 1. The Kier molecular flexibility index (Phi) is 5.50. The van der Waals surface area contributed by atoms with Gasteiger partial charge >= 0.3 is 0 Å². The lowest BCUT2D eigenvalue weighted by Crippen LogP contribution is -2.36. The molecule has 0 aliphatic rings. The molecule has 0 bridgehead atoms. The predicted molar refractivity (Wildman–Crippen MR) is 122 cm³/mol. The average molecular weight is 418 g/mol. The van der Waals surface area contributed by atoms with Crippen molar-refractivity contribution < 1.29 is 9.53 Å². The number of carbonyl (C=O) groups excluding carboxylic acids is 1. The third kappa shape index (κ3) is 3.79. The molecule has 0 saturated heterocycles. The predicted octanol–water partition coefficient (Wildman–Crippen LogP) is 3.28. The van der Waals surface area contributed by atoms with E-state index in [1.165, 1.54) is 4.68 Å². The van der Waals surface area contributed by atoms with Gasteiger partial charge in [-0.3, -0.25) is 9.59 Å². The van der Waals surface area contributed by atoms with Crippen molar-refractivity contribution in [3.8, 4) is 5.75 Å². The first-order valence-corrected chi connectivity index (χ1v) is 10.4. The van der Waals surface area contributed by atoms with Crippen molar-refractivity contribution in [2.24, 2.45) is 7.05 Å². The van der Waals surface area contributed by atoms with E-state index in [1.807, 2.05) is 45.2 Å². The molecule has 7 heteroatoms. The van der Waals surface area contributed by atoms with E-state index >= 15 is 0 Å². The molecule has 0 saturated carbocycles. The van der Waals surface area contributed by atoms with E-state index in [4.69, 9.17) is 4.74 Å². The summed E-state index contributed by atoms with van der Waals surface area (Å²) in [4.78, 5) is 25.6. The summed E-state index contributed by atoms with van der Waals surface area (Å²) in [5.74, 6) is 0.512. The van der Waals surface area contributed by atoms with Crippen molar-refractivity contribution in [2.75, 3.05) is 7.11 Å². The van der Waals surface area contributed by atoms with Gasteiger partial charge in [-0.25, -0.2) is 4.68 Å². The highest BCUT2D eigenvalue weighted by Crippen LogP contribution is 2.26. The maximum absolute atomic E-state index is 13.1. The second-order valence-electron chi connectivity index (χ2n) is 7.74. The summed E-state index contributed by atoms with van der Waals surface area (Å²) < 4.78 is 8.78. The molecule has 0 aliphatic carbocycles. The number of hydrogen-bond acceptors (Lipinski definition) is 4. The molecular weight excluding hydrogens is 392 g/mol. The summed E-state index contributed by atoms with van der Waals surface area (Å²) in [7, 11) is 3.66. The van der Waals surface area contributed by atoms with Crippen molar-refractivity contribution in [3.05, 3.63) is 70.3 Å². The van der Waals surface area contributed by atoms with E-state index in [1.54, 1.807) is 25.3 Å². The monoisotopic (exact) mass is 418 g/mol. The first-order chi connectivity index (χ1) is 14.9. The van der Waals surface area contributed by atoms with Crippen LogP contribution in [0.15, 0.2) is 53.5 Å². The Hall–Kier alpha value is -3.61. The van der Waals surface area contributed by atoms with Gasteiger partial charge in [-0.1, -0.05) is 18.2 Å². The van der Waals surface area contributed by atoms with Gasteiger partial charge in [-0.2, -0.15) is 5.10 Å². The second-order valence-corrected chi connectivity index (χ2v) is 7.74. The number of fused-ring (bicyclic) bond motifs is 2. The van der Waals surface area contributed by atoms with Crippen LogP contribution in [0.2, 0.25) is 0 Å². The van der Waals surface area contributed by atoms with Crippen molar-refractivity contribution in [2.45, 2.75) is 32.9 Å². The summed E-state index contributed by atoms with van der Waals surface area (Å²) in [6, 6.07) is 13.0. The SMILES string of the molecule is CCn1nc(C(=O)N[C@H](C)Cc2cn(C)c3ccc(OC)cc23)c2ccccc2c1=O. The molecule has 4 rings (SSSR count). The molecule has 2 aromatic carbocycles. The van der Waals surface area contributed by atoms with E-state index < -0.39 is 0 Å². The standard InChI is InChI=1S/C24H26N4O3/c1-5-28-24(30)19-9-7-6-8-18(19)22(26-28)23(29)25-15(2)12-16-14-27(3)21-11-10-17(31-4)13-20(16)21/h6-11,13-15H,5,12H2,1-4H3,(H,25,29)/t15-/m1/s1. The Morgan fingerprint density at radius 1 is 1.16 bits per heavy atom. The van der Waals surface area contributed by atoms with Crippen molar-refractivity contribution in [3.63, 3.8) is 0 Å². The van der Waals surface area contributed by atoms with Crippen LogP contribution >= 0.6 is 0 Å². The molecule has 31 heavy (non-hydrogen) atoms. The first kappa shape index (κ1) is 20.7. The number of aromatic nitrogens is 3. The summed E-state index contributed by atoms with van der Waals surface area (Å²) >= 11 is 0. The highest BCUT2D eigenvalue weighted by Gasteiger charge is 2.19. The summed E-state index contributed by atoms with van der Waals surface area (Å²) in [6.07, 6.45) is 2.74. The molecule has 7 nitrogen and oxygen atoms in total. The molecule has 160 valence electrons. The maximum atomic E-state index is 13.1. The van der Waals surface area contributed by atoms with Crippen LogP contribution in [0.3, 0.4) is 0 Å². The summed E-state index contributed by atoms with van der Waals surface area (Å²) in [5.41, 5.74) is 2.31. The highest BCUT2D eigenvalue weighted by molar-refractivity contribution is 6.04. The first-order valence-electron chi connectivity index (χ1n) is 10.4. The Morgan fingerprint density at radius 3 is 2.61 bits per heavy atom. The van der Waals surface area contributed by atoms with Crippen LogP contribution in [0.4, 0.5) is 0 Å². The highest BCUT2D eigenvalue weighted by atomic mass is 16.5. The number of hydrogen-bond donors (Lipinski definition) is 1. The zero-order chi connectivity index (χ0) is 22.1. The van der Waals surface area contributed by atoms with Crippen LogP contribution in [0, 0.1) is 0 Å². The van der Waals surface area contributed by atoms with Crippen molar-refractivity contribution >= 4 is 27.6 Å². The van der Waals surface area contributed by atoms with Gasteiger partial charge in [0.05, 0.1) is 12.5 Å². The number of methoxy groups -OCH3 is 1. The lowest BCUT2D eigenvalue weighted by Gasteiger charge is -2.15. The molecule has 0 aliphatic heterocycles. The second kappa shape index (κ2) is 8.26. The molecule has 0 radical (unpaired) electrons. The van der Waals surface area contributed by atoms with Crippen LogP contribution in [0.1, 0.15) is 29.9 Å². The molecule has 2 aromatic heterocycles. The number of nitrogens with zero attached hydrogens (tertiary/aromatic N) is 3. The summed E-state index contributed by atoms with van der Waals surface area (Å²) in [5, 5.41) is 9.55. The lowest BCUT2D eigenvalue weighted by atomic mass is 10.1. The fourth-order valence-corrected chi connectivity index (χ4v) is 4.03. The molecule has 0 fully saturated rings. The third-order valence-electron chi connectivity index (χ3n) is 5.57. The van der Waals surface area contributed by atoms with Crippen LogP contribution in [0.5, 0.6) is 5.75 Å². The van der Waals surface area contributed by atoms with Gasteiger partial charge in [0.25, 0.3) is 11.5 Å². The minimum Gasteiger partial charge on any atom is -0.497 e. The lowest BCUT2D eigenvalue weighted by molar-refractivity contribution is 0.0934. The van der Waals surface area contributed by atoms with E-state index in [-0.39, 0.29) is 23.2 Å². The topological polar surface area (TPSA) is 78.2 Å². The van der Waals surface area contributed by atoms with Gasteiger partial charge in [0, 0.05) is 42.1 Å². The number of benzene rings is 2. The van der Waals surface area contributed by atoms with Gasteiger partial charge in [0.1, 0.15) is 5.75 Å². The van der Waals surface area contributed by atoms with Crippen LogP contribution in [-0.4, -0.2) is 33.4 Å². The van der Waals surface area contributed by atoms with Gasteiger partial charge in [-0.05, 0) is 50.1 Å². The number of rotatable bonds is 6. The smallest absolute Gasteiger partial charge is 0.274 e. The molecule has 0 spiro atoms. The van der Waals surface area contributed by atoms with Gasteiger partial charge in [0.2, 0.25) is 0 Å². The Morgan fingerprint density at radius 2 is 1.90 bits per heavy atom. The zero-order valence-corrected chi connectivity index (χ0v) is 18.2. The van der Waals surface area contributed by atoms with Crippen molar-refractivity contribution in [1.82, 2.24) is 19.7 Å². The van der Waals surface area contributed by atoms with E-state index in [0.29, 0.717) is 23.7 Å². The summed E-state index contributed by atoms with van der Waals surface area (Å²) in [6.45, 7) is 4.20. The molecule has 0 unspecified atom stereocenters. The largest absolute Gasteiger partial charge is 0.497 e. The molecule has 4 aromatic rings. The Balaban J connectivity index is 1.62. The third-order valence-corrected chi connectivity index (χ3v) is 5.57. The average Bonchev–Trinajstić information content (AvgIpc) is 3.08. The van der Waals surface area contributed by atoms with E-state index in [0.717, 1.165) is 22.2 Å². The van der Waals surface area contributed by atoms with Crippen LogP contribution in [-0.2, 0) is 20.0 Å². The normalized spacial score (nSPS) is 12.3. The fourth-order valence-electron chi connectivity index (χ4n) is 4.03. The maximum Gasteiger partial charge on any atom is 0.274 e. The van der Waals surface area contributed by atoms with Crippen LogP contribution < -0.4 is 15.6 Å². The van der Waals surface area contributed by atoms with Crippen molar-refractivity contribution in [1.29, 1.82) is 0 Å².